The van der Waals surface area contributed by atoms with Gasteiger partial charge in [-0.3, -0.25) is 5.32 Å². The molecule has 1 aliphatic heterocycles. The van der Waals surface area contributed by atoms with E-state index in [4.69, 9.17) is 4.74 Å². The van der Waals surface area contributed by atoms with Crippen molar-refractivity contribution in [2.75, 3.05) is 6.54 Å². The van der Waals surface area contributed by atoms with Crippen LogP contribution in [0.1, 0.15) is 31.9 Å². The number of hydrogen-bond acceptors (Lipinski definition) is 2. The molecule has 2 nitrogen and oxygen atoms in total. The highest BCUT2D eigenvalue weighted by Crippen LogP contribution is 2.28. The van der Waals surface area contributed by atoms with Crippen LogP contribution >= 0.6 is 0 Å². The normalized spacial score (nSPS) is 28.2. The first kappa shape index (κ1) is 11.6. The van der Waals surface area contributed by atoms with Crippen molar-refractivity contribution < 1.29 is 4.74 Å². The fraction of sp³-hybridized carbons (Fsp3) is 0.571. The second-order valence-electron chi connectivity index (χ2n) is 5.61. The highest BCUT2D eigenvalue weighted by Gasteiger charge is 2.40. The van der Waals surface area contributed by atoms with E-state index in [9.17, 15) is 0 Å². The molecule has 16 heavy (non-hydrogen) atoms. The zero-order chi connectivity index (χ0) is 11.8. The smallest absolute Gasteiger partial charge is 0.121 e. The molecule has 2 heteroatoms. The summed E-state index contributed by atoms with van der Waals surface area (Å²) in [5.41, 5.74) is 2.34. The van der Waals surface area contributed by atoms with Crippen molar-refractivity contribution in [2.24, 2.45) is 0 Å². The summed E-state index contributed by atoms with van der Waals surface area (Å²) in [6.45, 7) is 9.40. The van der Waals surface area contributed by atoms with Gasteiger partial charge in [0.2, 0.25) is 0 Å². The van der Waals surface area contributed by atoms with Crippen molar-refractivity contribution in [3.05, 3.63) is 35.4 Å². The molecular formula is C14H21NO. The molecular weight excluding hydrogens is 198 g/mol. The van der Waals surface area contributed by atoms with Crippen LogP contribution in [0.3, 0.4) is 0 Å². The SMILES string of the molecule is Cc1ccc(CC2(C)NCC(C)(C)O2)cc1. The topological polar surface area (TPSA) is 21.3 Å². The van der Waals surface area contributed by atoms with Gasteiger partial charge < -0.3 is 4.74 Å². The van der Waals surface area contributed by atoms with Gasteiger partial charge in [0.1, 0.15) is 5.72 Å². The van der Waals surface area contributed by atoms with E-state index in [0.29, 0.717) is 0 Å². The second kappa shape index (κ2) is 3.86. The van der Waals surface area contributed by atoms with Gasteiger partial charge in [-0.2, -0.15) is 0 Å². The minimum Gasteiger partial charge on any atom is -0.353 e. The first-order valence-corrected chi connectivity index (χ1v) is 5.89. The maximum atomic E-state index is 6.06. The van der Waals surface area contributed by atoms with Crippen LogP contribution in [0.2, 0.25) is 0 Å². The van der Waals surface area contributed by atoms with Gasteiger partial charge in [0, 0.05) is 13.0 Å². The number of aryl methyl sites for hydroxylation is 1. The Morgan fingerprint density at radius 2 is 1.81 bits per heavy atom. The predicted molar refractivity (Wildman–Crippen MR) is 66.5 cm³/mol. The lowest BCUT2D eigenvalue weighted by Crippen LogP contribution is -2.40. The van der Waals surface area contributed by atoms with E-state index in [2.05, 4.69) is 57.3 Å². The lowest BCUT2D eigenvalue weighted by molar-refractivity contribution is -0.0785. The summed E-state index contributed by atoms with van der Waals surface area (Å²) >= 11 is 0. The largest absolute Gasteiger partial charge is 0.353 e. The highest BCUT2D eigenvalue weighted by molar-refractivity contribution is 5.22. The first-order valence-electron chi connectivity index (χ1n) is 5.89. The number of benzene rings is 1. The monoisotopic (exact) mass is 219 g/mol. The van der Waals surface area contributed by atoms with Crippen LogP contribution in [0.5, 0.6) is 0 Å². The number of hydrogen-bond donors (Lipinski definition) is 1. The Morgan fingerprint density at radius 1 is 1.19 bits per heavy atom. The van der Waals surface area contributed by atoms with Crippen molar-refractivity contribution in [1.29, 1.82) is 0 Å². The number of nitrogens with one attached hydrogen (secondary N) is 1. The van der Waals surface area contributed by atoms with E-state index in [-0.39, 0.29) is 11.3 Å². The summed E-state index contributed by atoms with van der Waals surface area (Å²) < 4.78 is 6.06. The number of rotatable bonds is 2. The van der Waals surface area contributed by atoms with Gasteiger partial charge in [-0.15, -0.1) is 0 Å². The summed E-state index contributed by atoms with van der Waals surface area (Å²) in [4.78, 5) is 0. The molecule has 1 saturated heterocycles. The molecule has 1 aromatic rings. The molecule has 0 bridgehead atoms. The molecule has 88 valence electrons. The fourth-order valence-electron chi connectivity index (χ4n) is 2.28. The molecule has 0 aliphatic carbocycles. The Morgan fingerprint density at radius 3 is 2.31 bits per heavy atom. The van der Waals surface area contributed by atoms with E-state index in [1.54, 1.807) is 0 Å². The Hall–Kier alpha value is -0.860. The van der Waals surface area contributed by atoms with Gasteiger partial charge in [0.15, 0.2) is 0 Å². The molecule has 0 amide bonds. The third kappa shape index (κ3) is 2.63. The van der Waals surface area contributed by atoms with Crippen molar-refractivity contribution in [3.8, 4) is 0 Å². The second-order valence-corrected chi connectivity index (χ2v) is 5.61. The molecule has 1 aliphatic rings. The molecule has 1 heterocycles. The molecule has 2 rings (SSSR count). The average molecular weight is 219 g/mol. The van der Waals surface area contributed by atoms with Crippen molar-refractivity contribution >= 4 is 0 Å². The minimum atomic E-state index is -0.223. The lowest BCUT2D eigenvalue weighted by Gasteiger charge is -2.27. The third-order valence-electron chi connectivity index (χ3n) is 3.05. The van der Waals surface area contributed by atoms with E-state index >= 15 is 0 Å². The molecule has 1 fully saturated rings. The quantitative estimate of drug-likeness (QED) is 0.825. The molecule has 0 radical (unpaired) electrons. The molecule has 0 saturated carbocycles. The van der Waals surface area contributed by atoms with Crippen LogP contribution in [0.15, 0.2) is 24.3 Å². The van der Waals surface area contributed by atoms with Gasteiger partial charge >= 0.3 is 0 Å². The van der Waals surface area contributed by atoms with Crippen molar-refractivity contribution in [1.82, 2.24) is 5.32 Å². The van der Waals surface area contributed by atoms with E-state index in [0.717, 1.165) is 13.0 Å². The van der Waals surface area contributed by atoms with Crippen molar-refractivity contribution in [3.63, 3.8) is 0 Å². The summed E-state index contributed by atoms with van der Waals surface area (Å²) in [6.07, 6.45) is 0.913. The molecule has 0 aromatic heterocycles. The summed E-state index contributed by atoms with van der Waals surface area (Å²) in [6, 6.07) is 8.66. The molecule has 1 atom stereocenters. The van der Waals surface area contributed by atoms with Gasteiger partial charge in [-0.05, 0) is 33.3 Å². The average Bonchev–Trinajstić information content (AvgIpc) is 2.45. The molecule has 1 aromatic carbocycles. The zero-order valence-corrected chi connectivity index (χ0v) is 10.6. The van der Waals surface area contributed by atoms with Crippen LogP contribution in [0, 0.1) is 6.92 Å². The third-order valence-corrected chi connectivity index (χ3v) is 3.05. The van der Waals surface area contributed by atoms with Crippen LogP contribution < -0.4 is 5.32 Å². The predicted octanol–water partition coefficient (Wildman–Crippen LogP) is 2.65. The van der Waals surface area contributed by atoms with Crippen LogP contribution in [0.25, 0.3) is 0 Å². The van der Waals surface area contributed by atoms with E-state index in [1.165, 1.54) is 11.1 Å². The van der Waals surface area contributed by atoms with Gasteiger partial charge in [0.25, 0.3) is 0 Å². The van der Waals surface area contributed by atoms with E-state index in [1.807, 2.05) is 0 Å². The summed E-state index contributed by atoms with van der Waals surface area (Å²) in [5.74, 6) is 0. The van der Waals surface area contributed by atoms with Gasteiger partial charge in [0.05, 0.1) is 5.60 Å². The fourth-order valence-corrected chi connectivity index (χ4v) is 2.28. The maximum Gasteiger partial charge on any atom is 0.121 e. The maximum absolute atomic E-state index is 6.06. The Bertz CT molecular complexity index is 369. The summed E-state index contributed by atoms with van der Waals surface area (Å²) in [7, 11) is 0. The Kier molecular flexibility index (Phi) is 2.81. The van der Waals surface area contributed by atoms with Gasteiger partial charge in [-0.25, -0.2) is 0 Å². The zero-order valence-electron chi connectivity index (χ0n) is 10.6. The first-order chi connectivity index (χ1) is 7.39. The van der Waals surface area contributed by atoms with Crippen LogP contribution in [-0.2, 0) is 11.2 Å². The molecule has 0 spiro atoms. The Balaban J connectivity index is 2.07. The Labute approximate surface area is 98.0 Å². The molecule has 1 unspecified atom stereocenters. The van der Waals surface area contributed by atoms with Crippen molar-refractivity contribution in [2.45, 2.75) is 45.4 Å². The molecule has 1 N–H and O–H groups in total. The van der Waals surface area contributed by atoms with Gasteiger partial charge in [-0.1, -0.05) is 29.8 Å². The standard InChI is InChI=1S/C14H21NO/c1-11-5-7-12(8-6-11)9-14(4)15-10-13(2,3)16-14/h5-8,15H,9-10H2,1-4H3. The summed E-state index contributed by atoms with van der Waals surface area (Å²) in [5, 5.41) is 3.46. The highest BCUT2D eigenvalue weighted by atomic mass is 16.5. The number of ether oxygens (including phenoxy) is 1. The minimum absolute atomic E-state index is 0.0561. The van der Waals surface area contributed by atoms with Crippen LogP contribution in [-0.4, -0.2) is 17.9 Å². The van der Waals surface area contributed by atoms with Crippen LogP contribution in [0.4, 0.5) is 0 Å². The van der Waals surface area contributed by atoms with E-state index < -0.39 is 0 Å². The lowest BCUT2D eigenvalue weighted by atomic mass is 10.0.